The van der Waals surface area contributed by atoms with Gasteiger partial charge in [0.15, 0.2) is 8.32 Å². The molecular weight excluding hydrogens is 356 g/mol. The van der Waals surface area contributed by atoms with Crippen LogP contribution in [0.1, 0.15) is 46.6 Å². The summed E-state index contributed by atoms with van der Waals surface area (Å²) < 4.78 is 18.2. The molecule has 0 aromatic heterocycles. The third-order valence-electron chi connectivity index (χ3n) is 6.19. The maximum absolute atomic E-state index is 12.4. The maximum Gasteiger partial charge on any atom is 0.311 e. The molecule has 152 valence electrons. The standard InChI is InChI=1S/C22H36O4Si/c1-16-19(13-14-25-27(6,7)22(3,4)5)26-21(23)17(2)20(16)24-15-18-11-9-8-10-12-18/h8-12,16-17,19-20H,13-15H2,1-7H3/t16-,17+,19-,20-/m0/s1. The Labute approximate surface area is 165 Å². The molecule has 1 heterocycles. The van der Waals surface area contributed by atoms with Crippen LogP contribution in [0.25, 0.3) is 0 Å². The summed E-state index contributed by atoms with van der Waals surface area (Å²) in [6, 6.07) is 10.1. The summed E-state index contributed by atoms with van der Waals surface area (Å²) in [6.45, 7) is 16.4. The second-order valence-corrected chi connectivity index (χ2v) is 14.1. The number of ether oxygens (including phenoxy) is 2. The van der Waals surface area contributed by atoms with E-state index in [1.807, 2.05) is 37.3 Å². The van der Waals surface area contributed by atoms with Gasteiger partial charge in [-0.25, -0.2) is 0 Å². The SMILES string of the molecule is C[C@@H]1[C@H](OCc2ccccc2)[C@@H](C)C(=O)O[C@H]1CCO[Si](C)(C)C(C)(C)C. The molecule has 1 aliphatic heterocycles. The van der Waals surface area contributed by atoms with Gasteiger partial charge in [-0.05, 0) is 30.6 Å². The smallest absolute Gasteiger partial charge is 0.311 e. The first-order valence-corrected chi connectivity index (χ1v) is 12.9. The molecule has 0 saturated carbocycles. The molecule has 27 heavy (non-hydrogen) atoms. The minimum absolute atomic E-state index is 0.135. The monoisotopic (exact) mass is 392 g/mol. The minimum Gasteiger partial charge on any atom is -0.462 e. The average molecular weight is 393 g/mol. The Morgan fingerprint density at radius 2 is 1.74 bits per heavy atom. The Morgan fingerprint density at radius 1 is 1.11 bits per heavy atom. The van der Waals surface area contributed by atoms with Crippen LogP contribution in [-0.2, 0) is 25.3 Å². The zero-order valence-corrected chi connectivity index (χ0v) is 19.0. The fraction of sp³-hybridized carbons (Fsp3) is 0.682. The van der Waals surface area contributed by atoms with Crippen molar-refractivity contribution in [1.82, 2.24) is 0 Å². The Bertz CT molecular complexity index is 608. The Kier molecular flexibility index (Phi) is 7.28. The Balaban J connectivity index is 1.94. The molecular formula is C22H36O4Si. The van der Waals surface area contributed by atoms with Crippen LogP contribution in [-0.4, -0.2) is 33.1 Å². The number of hydrogen-bond donors (Lipinski definition) is 0. The summed E-state index contributed by atoms with van der Waals surface area (Å²) in [5.74, 6) is -0.269. The molecule has 5 heteroatoms. The highest BCUT2D eigenvalue weighted by atomic mass is 28.4. The second kappa shape index (κ2) is 8.89. The van der Waals surface area contributed by atoms with Gasteiger partial charge in [0.25, 0.3) is 0 Å². The van der Waals surface area contributed by atoms with E-state index in [2.05, 4.69) is 40.8 Å². The predicted molar refractivity (Wildman–Crippen MR) is 111 cm³/mol. The van der Waals surface area contributed by atoms with Crippen LogP contribution in [0.4, 0.5) is 0 Å². The number of carbonyl (C=O) groups excluding carboxylic acids is 1. The van der Waals surface area contributed by atoms with Gasteiger partial charge in [0.05, 0.1) is 18.6 Å². The lowest BCUT2D eigenvalue weighted by Gasteiger charge is -2.40. The summed E-state index contributed by atoms with van der Waals surface area (Å²) in [5.41, 5.74) is 1.12. The normalized spacial score (nSPS) is 26.7. The molecule has 4 nitrogen and oxygen atoms in total. The average Bonchev–Trinajstić information content (AvgIpc) is 2.59. The first-order valence-electron chi connectivity index (χ1n) is 10.0. The lowest BCUT2D eigenvalue weighted by Crippen LogP contribution is -2.49. The van der Waals surface area contributed by atoms with Crippen molar-refractivity contribution in [2.75, 3.05) is 6.61 Å². The highest BCUT2D eigenvalue weighted by Gasteiger charge is 2.43. The lowest BCUT2D eigenvalue weighted by atomic mass is 9.85. The molecule has 0 unspecified atom stereocenters. The van der Waals surface area contributed by atoms with Gasteiger partial charge in [0.1, 0.15) is 6.10 Å². The van der Waals surface area contributed by atoms with Crippen LogP contribution < -0.4 is 0 Å². The molecule has 0 bridgehead atoms. The quantitative estimate of drug-likeness (QED) is 0.474. The van der Waals surface area contributed by atoms with Crippen molar-refractivity contribution in [3.8, 4) is 0 Å². The molecule has 1 fully saturated rings. The number of cyclic esters (lactones) is 1. The Hall–Kier alpha value is -1.17. The summed E-state index contributed by atoms with van der Waals surface area (Å²) in [5, 5.41) is 0.178. The molecule has 0 N–H and O–H groups in total. The molecule has 0 aliphatic carbocycles. The molecule has 2 rings (SSSR count). The third kappa shape index (κ3) is 5.66. The largest absolute Gasteiger partial charge is 0.462 e. The fourth-order valence-corrected chi connectivity index (χ4v) is 4.26. The molecule has 0 spiro atoms. The van der Waals surface area contributed by atoms with Crippen LogP contribution in [0.15, 0.2) is 30.3 Å². The highest BCUT2D eigenvalue weighted by molar-refractivity contribution is 6.74. The number of hydrogen-bond acceptors (Lipinski definition) is 4. The zero-order valence-electron chi connectivity index (χ0n) is 18.0. The van der Waals surface area contributed by atoms with E-state index in [0.717, 1.165) is 12.0 Å². The highest BCUT2D eigenvalue weighted by Crippen LogP contribution is 2.37. The molecule has 1 aliphatic rings. The fourth-order valence-electron chi connectivity index (χ4n) is 3.20. The lowest BCUT2D eigenvalue weighted by molar-refractivity contribution is -0.185. The van der Waals surface area contributed by atoms with Crippen molar-refractivity contribution in [1.29, 1.82) is 0 Å². The molecule has 0 amide bonds. The van der Waals surface area contributed by atoms with Gasteiger partial charge in [-0.15, -0.1) is 0 Å². The van der Waals surface area contributed by atoms with Crippen molar-refractivity contribution in [3.05, 3.63) is 35.9 Å². The van der Waals surface area contributed by atoms with Crippen molar-refractivity contribution >= 4 is 14.3 Å². The molecule has 4 atom stereocenters. The summed E-state index contributed by atoms with van der Waals surface area (Å²) >= 11 is 0. The molecule has 1 saturated heterocycles. The first kappa shape index (κ1) is 22.1. The topological polar surface area (TPSA) is 44.8 Å². The van der Waals surface area contributed by atoms with Crippen molar-refractivity contribution in [2.24, 2.45) is 11.8 Å². The van der Waals surface area contributed by atoms with E-state index in [1.165, 1.54) is 0 Å². The maximum atomic E-state index is 12.4. The van der Waals surface area contributed by atoms with Gasteiger partial charge in [-0.2, -0.15) is 0 Å². The predicted octanol–water partition coefficient (Wildman–Crippen LogP) is 5.18. The van der Waals surface area contributed by atoms with Gasteiger partial charge in [0, 0.05) is 18.9 Å². The van der Waals surface area contributed by atoms with Gasteiger partial charge in [-0.1, -0.05) is 58.0 Å². The molecule has 1 aromatic rings. The number of benzene rings is 1. The van der Waals surface area contributed by atoms with Crippen LogP contribution in [0.5, 0.6) is 0 Å². The van der Waals surface area contributed by atoms with E-state index < -0.39 is 8.32 Å². The minimum atomic E-state index is -1.79. The summed E-state index contributed by atoms with van der Waals surface area (Å²) in [6.07, 6.45) is 0.431. The van der Waals surface area contributed by atoms with Crippen molar-refractivity contribution < 1.29 is 18.7 Å². The Morgan fingerprint density at radius 3 is 2.33 bits per heavy atom. The van der Waals surface area contributed by atoms with Crippen molar-refractivity contribution in [2.45, 2.75) is 78.0 Å². The van der Waals surface area contributed by atoms with Gasteiger partial charge >= 0.3 is 5.97 Å². The van der Waals surface area contributed by atoms with E-state index in [0.29, 0.717) is 13.2 Å². The van der Waals surface area contributed by atoms with E-state index in [4.69, 9.17) is 13.9 Å². The van der Waals surface area contributed by atoms with Gasteiger partial charge < -0.3 is 13.9 Å². The van der Waals surface area contributed by atoms with Crippen LogP contribution in [0.3, 0.4) is 0 Å². The third-order valence-corrected chi connectivity index (χ3v) is 10.7. The number of esters is 1. The number of carbonyl (C=O) groups is 1. The summed E-state index contributed by atoms with van der Waals surface area (Å²) in [7, 11) is -1.79. The van der Waals surface area contributed by atoms with E-state index in [-0.39, 0.29) is 35.1 Å². The zero-order chi connectivity index (χ0) is 20.2. The van der Waals surface area contributed by atoms with E-state index in [9.17, 15) is 4.79 Å². The van der Waals surface area contributed by atoms with Gasteiger partial charge in [0.2, 0.25) is 0 Å². The second-order valence-electron chi connectivity index (χ2n) is 9.28. The van der Waals surface area contributed by atoms with Crippen LogP contribution in [0, 0.1) is 11.8 Å². The van der Waals surface area contributed by atoms with Gasteiger partial charge in [-0.3, -0.25) is 4.79 Å². The van der Waals surface area contributed by atoms with E-state index in [1.54, 1.807) is 0 Å². The molecule has 1 aromatic carbocycles. The van der Waals surface area contributed by atoms with Crippen LogP contribution >= 0.6 is 0 Å². The molecule has 0 radical (unpaired) electrons. The van der Waals surface area contributed by atoms with Crippen LogP contribution in [0.2, 0.25) is 18.1 Å². The summed E-state index contributed by atoms with van der Waals surface area (Å²) in [4.78, 5) is 12.4. The van der Waals surface area contributed by atoms with E-state index >= 15 is 0 Å². The first-order chi connectivity index (χ1) is 12.5. The number of rotatable bonds is 7. The van der Waals surface area contributed by atoms with Crippen molar-refractivity contribution in [3.63, 3.8) is 0 Å².